The van der Waals surface area contributed by atoms with Crippen molar-refractivity contribution < 1.29 is 13.9 Å². The summed E-state index contributed by atoms with van der Waals surface area (Å²) in [5.74, 6) is 0.793. The summed E-state index contributed by atoms with van der Waals surface area (Å²) < 4.78 is 23.9. The number of aryl methyl sites for hydroxylation is 1. The van der Waals surface area contributed by atoms with Gasteiger partial charge in [-0.15, -0.1) is 0 Å². The van der Waals surface area contributed by atoms with Crippen LogP contribution in [-0.4, -0.2) is 7.11 Å². The molecule has 4 heteroatoms. The molecule has 0 fully saturated rings. The third-order valence-electron chi connectivity index (χ3n) is 2.98. The Morgan fingerprint density at radius 3 is 2.60 bits per heavy atom. The van der Waals surface area contributed by atoms with Gasteiger partial charge in [-0.05, 0) is 42.3 Å². The van der Waals surface area contributed by atoms with E-state index in [2.05, 4.69) is 0 Å². The first-order valence-electron chi connectivity index (χ1n) is 6.10. The number of ether oxygens (including phenoxy) is 2. The van der Waals surface area contributed by atoms with Gasteiger partial charge in [0.05, 0.1) is 18.7 Å². The van der Waals surface area contributed by atoms with Crippen LogP contribution in [0.5, 0.6) is 11.5 Å². The lowest BCUT2D eigenvalue weighted by molar-refractivity contribution is 0.283. The minimum absolute atomic E-state index is 0.262. The van der Waals surface area contributed by atoms with Crippen molar-refractivity contribution in [2.75, 3.05) is 7.11 Å². The normalized spacial score (nSPS) is 9.90. The Kier molecular flexibility index (Phi) is 4.21. The molecular formula is C16H14FNO2. The van der Waals surface area contributed by atoms with Crippen molar-refractivity contribution in [3.8, 4) is 17.6 Å². The number of hydrogen-bond acceptors (Lipinski definition) is 3. The Morgan fingerprint density at radius 1 is 1.15 bits per heavy atom. The molecule has 0 unspecified atom stereocenters. The van der Waals surface area contributed by atoms with Crippen molar-refractivity contribution in [1.29, 1.82) is 5.26 Å². The molecule has 2 rings (SSSR count). The highest BCUT2D eigenvalue weighted by molar-refractivity contribution is 5.46. The minimum Gasteiger partial charge on any atom is -0.493 e. The molecule has 0 aromatic heterocycles. The van der Waals surface area contributed by atoms with E-state index >= 15 is 0 Å². The van der Waals surface area contributed by atoms with E-state index in [0.29, 0.717) is 23.7 Å². The summed E-state index contributed by atoms with van der Waals surface area (Å²) in [6, 6.07) is 11.6. The van der Waals surface area contributed by atoms with E-state index in [1.807, 2.05) is 13.0 Å². The molecule has 0 bridgehead atoms. The Labute approximate surface area is 117 Å². The smallest absolute Gasteiger partial charge is 0.162 e. The molecule has 3 nitrogen and oxygen atoms in total. The van der Waals surface area contributed by atoms with Crippen LogP contribution in [0.25, 0.3) is 0 Å². The SMILES string of the molecule is COc1cc(C#N)ccc1OCc1ccc(F)cc1C. The predicted octanol–water partition coefficient (Wildman–Crippen LogP) is 3.59. The second-order valence-electron chi connectivity index (χ2n) is 4.34. The van der Waals surface area contributed by atoms with Gasteiger partial charge in [0.2, 0.25) is 0 Å². The van der Waals surface area contributed by atoms with E-state index in [0.717, 1.165) is 11.1 Å². The van der Waals surface area contributed by atoms with Gasteiger partial charge in [0.25, 0.3) is 0 Å². The minimum atomic E-state index is -0.262. The molecule has 0 radical (unpaired) electrons. The highest BCUT2D eigenvalue weighted by Crippen LogP contribution is 2.28. The second kappa shape index (κ2) is 6.07. The summed E-state index contributed by atoms with van der Waals surface area (Å²) in [4.78, 5) is 0. The molecule has 0 atom stereocenters. The Balaban J connectivity index is 2.16. The maximum absolute atomic E-state index is 13.0. The van der Waals surface area contributed by atoms with Gasteiger partial charge in [0.1, 0.15) is 12.4 Å². The predicted molar refractivity (Wildman–Crippen MR) is 73.2 cm³/mol. The van der Waals surface area contributed by atoms with E-state index in [1.54, 1.807) is 24.3 Å². The quantitative estimate of drug-likeness (QED) is 0.853. The van der Waals surface area contributed by atoms with Crippen molar-refractivity contribution in [2.24, 2.45) is 0 Å². The van der Waals surface area contributed by atoms with E-state index in [4.69, 9.17) is 14.7 Å². The summed E-state index contributed by atoms with van der Waals surface area (Å²) in [5, 5.41) is 8.84. The molecule has 0 amide bonds. The molecule has 0 aliphatic heterocycles. The van der Waals surface area contributed by atoms with Crippen LogP contribution in [0.1, 0.15) is 16.7 Å². The first kappa shape index (κ1) is 13.9. The van der Waals surface area contributed by atoms with Crippen molar-refractivity contribution in [3.63, 3.8) is 0 Å². The lowest BCUT2D eigenvalue weighted by Crippen LogP contribution is -2.00. The number of rotatable bonds is 4. The topological polar surface area (TPSA) is 42.2 Å². The zero-order valence-corrected chi connectivity index (χ0v) is 11.3. The molecule has 2 aromatic carbocycles. The van der Waals surface area contributed by atoms with E-state index in [9.17, 15) is 4.39 Å². The molecule has 0 aliphatic carbocycles. The van der Waals surface area contributed by atoms with E-state index in [-0.39, 0.29) is 5.82 Å². The lowest BCUT2D eigenvalue weighted by atomic mass is 10.1. The highest BCUT2D eigenvalue weighted by atomic mass is 19.1. The second-order valence-corrected chi connectivity index (χ2v) is 4.34. The van der Waals surface area contributed by atoms with Gasteiger partial charge in [-0.2, -0.15) is 5.26 Å². The lowest BCUT2D eigenvalue weighted by Gasteiger charge is -2.12. The van der Waals surface area contributed by atoms with Gasteiger partial charge in [-0.25, -0.2) is 4.39 Å². The maximum Gasteiger partial charge on any atom is 0.162 e. The zero-order chi connectivity index (χ0) is 14.5. The summed E-state index contributed by atoms with van der Waals surface area (Å²) in [6.07, 6.45) is 0. The molecule has 20 heavy (non-hydrogen) atoms. The summed E-state index contributed by atoms with van der Waals surface area (Å²) in [5.41, 5.74) is 2.24. The third-order valence-corrected chi connectivity index (χ3v) is 2.98. The van der Waals surface area contributed by atoms with Crippen LogP contribution in [0.15, 0.2) is 36.4 Å². The first-order chi connectivity index (χ1) is 9.63. The number of benzene rings is 2. The first-order valence-corrected chi connectivity index (χ1v) is 6.10. The van der Waals surface area contributed by atoms with Gasteiger partial charge < -0.3 is 9.47 Å². The van der Waals surface area contributed by atoms with Gasteiger partial charge in [-0.3, -0.25) is 0 Å². The molecule has 0 N–H and O–H groups in total. The molecule has 0 spiro atoms. The van der Waals surface area contributed by atoms with Crippen molar-refractivity contribution >= 4 is 0 Å². The number of nitriles is 1. The average Bonchev–Trinajstić information content (AvgIpc) is 2.46. The molecular weight excluding hydrogens is 257 g/mol. The molecule has 0 aliphatic rings. The fourth-order valence-electron chi connectivity index (χ4n) is 1.83. The van der Waals surface area contributed by atoms with Gasteiger partial charge in [-0.1, -0.05) is 6.07 Å². The summed E-state index contributed by atoms with van der Waals surface area (Å²) >= 11 is 0. The average molecular weight is 271 g/mol. The fourth-order valence-corrected chi connectivity index (χ4v) is 1.83. The standard InChI is InChI=1S/C16H14FNO2/c1-11-7-14(17)5-4-13(11)10-20-15-6-3-12(9-18)8-16(15)19-2/h3-8H,10H2,1-2H3. The Bertz CT molecular complexity index is 662. The fraction of sp³-hybridized carbons (Fsp3) is 0.188. The van der Waals surface area contributed by atoms with E-state index < -0.39 is 0 Å². The molecule has 0 heterocycles. The Morgan fingerprint density at radius 2 is 1.95 bits per heavy atom. The van der Waals surface area contributed by atoms with Crippen LogP contribution >= 0.6 is 0 Å². The summed E-state index contributed by atoms with van der Waals surface area (Å²) in [7, 11) is 1.52. The van der Waals surface area contributed by atoms with Crippen molar-refractivity contribution in [1.82, 2.24) is 0 Å². The zero-order valence-electron chi connectivity index (χ0n) is 11.3. The van der Waals surface area contributed by atoms with Crippen LogP contribution in [-0.2, 0) is 6.61 Å². The van der Waals surface area contributed by atoms with Crippen LogP contribution in [0.4, 0.5) is 4.39 Å². The highest BCUT2D eigenvalue weighted by Gasteiger charge is 2.07. The molecule has 102 valence electrons. The number of nitrogens with zero attached hydrogens (tertiary/aromatic N) is 1. The largest absolute Gasteiger partial charge is 0.493 e. The molecule has 2 aromatic rings. The Hall–Kier alpha value is -2.54. The number of halogens is 1. The van der Waals surface area contributed by atoms with Gasteiger partial charge >= 0.3 is 0 Å². The number of hydrogen-bond donors (Lipinski definition) is 0. The monoisotopic (exact) mass is 271 g/mol. The number of methoxy groups -OCH3 is 1. The maximum atomic E-state index is 13.0. The van der Waals surface area contributed by atoms with Gasteiger partial charge in [0, 0.05) is 6.07 Å². The van der Waals surface area contributed by atoms with Gasteiger partial charge in [0.15, 0.2) is 11.5 Å². The van der Waals surface area contributed by atoms with Crippen LogP contribution in [0.2, 0.25) is 0 Å². The van der Waals surface area contributed by atoms with Crippen LogP contribution in [0, 0.1) is 24.1 Å². The van der Waals surface area contributed by atoms with Crippen molar-refractivity contribution in [3.05, 3.63) is 58.9 Å². The molecule has 0 saturated carbocycles. The third kappa shape index (κ3) is 3.07. The van der Waals surface area contributed by atoms with Crippen LogP contribution in [0.3, 0.4) is 0 Å². The molecule has 0 saturated heterocycles. The van der Waals surface area contributed by atoms with Crippen molar-refractivity contribution in [2.45, 2.75) is 13.5 Å². The van der Waals surface area contributed by atoms with E-state index in [1.165, 1.54) is 19.2 Å². The van der Waals surface area contributed by atoms with Crippen LogP contribution < -0.4 is 9.47 Å². The summed E-state index contributed by atoms with van der Waals surface area (Å²) in [6.45, 7) is 2.14.